The van der Waals surface area contributed by atoms with Crippen molar-refractivity contribution in [1.82, 2.24) is 15.0 Å². The summed E-state index contributed by atoms with van der Waals surface area (Å²) >= 11 is 1.41. The van der Waals surface area contributed by atoms with Gasteiger partial charge in [-0.15, -0.1) is 11.3 Å². The van der Waals surface area contributed by atoms with Crippen LogP contribution >= 0.6 is 11.3 Å². The number of benzene rings is 2. The molecule has 1 fully saturated rings. The molecule has 0 spiro atoms. The van der Waals surface area contributed by atoms with Crippen molar-refractivity contribution in [2.24, 2.45) is 0 Å². The lowest BCUT2D eigenvalue weighted by Gasteiger charge is -2.28. The molecule has 1 saturated heterocycles. The van der Waals surface area contributed by atoms with Crippen LogP contribution in [-0.2, 0) is 14.3 Å². The van der Waals surface area contributed by atoms with Crippen molar-refractivity contribution in [1.29, 1.82) is 0 Å². The van der Waals surface area contributed by atoms with Crippen LogP contribution < -0.4 is 10.2 Å². The fourth-order valence-corrected chi connectivity index (χ4v) is 4.55. The van der Waals surface area contributed by atoms with Crippen LogP contribution in [0.4, 0.5) is 11.4 Å². The van der Waals surface area contributed by atoms with E-state index in [1.807, 2.05) is 48.5 Å². The van der Waals surface area contributed by atoms with Crippen molar-refractivity contribution in [3.63, 3.8) is 0 Å². The number of nitrogens with zero attached hydrogens (tertiary/aromatic N) is 4. The Morgan fingerprint density at radius 3 is 2.59 bits per heavy atom. The maximum atomic E-state index is 12.7. The van der Waals surface area contributed by atoms with Gasteiger partial charge in [-0.3, -0.25) is 4.79 Å². The van der Waals surface area contributed by atoms with Crippen LogP contribution in [0.5, 0.6) is 0 Å². The van der Waals surface area contributed by atoms with Gasteiger partial charge in [0, 0.05) is 36.9 Å². The van der Waals surface area contributed by atoms with Gasteiger partial charge in [0.2, 0.25) is 0 Å². The molecule has 1 aliphatic heterocycles. The zero-order chi connectivity index (χ0) is 23.3. The summed E-state index contributed by atoms with van der Waals surface area (Å²) in [5.41, 5.74) is 2.84. The van der Waals surface area contributed by atoms with Crippen molar-refractivity contribution in [2.45, 2.75) is 0 Å². The molecule has 4 aromatic rings. The van der Waals surface area contributed by atoms with Crippen LogP contribution in [0.1, 0.15) is 10.5 Å². The number of rotatable bonds is 6. The van der Waals surface area contributed by atoms with Gasteiger partial charge in [-0.05, 0) is 36.4 Å². The number of carbonyl (C=O) groups is 2. The molecule has 0 unspecified atom stereocenters. The van der Waals surface area contributed by atoms with E-state index in [9.17, 15) is 9.59 Å². The quantitative estimate of drug-likeness (QED) is 0.423. The molecule has 2 aromatic carbocycles. The van der Waals surface area contributed by atoms with Gasteiger partial charge in [-0.2, -0.15) is 0 Å². The number of hydrogen-bond acceptors (Lipinski definition) is 9. The van der Waals surface area contributed by atoms with Gasteiger partial charge in [0.15, 0.2) is 12.3 Å². The molecule has 0 saturated carbocycles. The highest BCUT2D eigenvalue weighted by Crippen LogP contribution is 2.30. The zero-order valence-corrected chi connectivity index (χ0v) is 19.0. The van der Waals surface area contributed by atoms with Crippen LogP contribution in [0.25, 0.3) is 20.9 Å². The van der Waals surface area contributed by atoms with E-state index in [0.29, 0.717) is 29.6 Å². The SMILES string of the molecule is O=C(COC(=O)c1nccnc1-c1nc2ccccc2s1)Nc1ccc(N2CCOCC2)cc1. The number of amides is 1. The number of fused-ring (bicyclic) bond motifs is 1. The van der Waals surface area contributed by atoms with Gasteiger partial charge < -0.3 is 19.7 Å². The van der Waals surface area contributed by atoms with E-state index in [1.165, 1.54) is 23.7 Å². The number of hydrogen-bond donors (Lipinski definition) is 1. The number of thiazole rings is 1. The lowest BCUT2D eigenvalue weighted by Crippen LogP contribution is -2.36. The fourth-order valence-electron chi connectivity index (χ4n) is 3.59. The first-order valence-electron chi connectivity index (χ1n) is 10.7. The molecule has 2 aromatic heterocycles. The van der Waals surface area contributed by atoms with E-state index in [-0.39, 0.29) is 5.69 Å². The summed E-state index contributed by atoms with van der Waals surface area (Å²) in [4.78, 5) is 40.2. The number of anilines is 2. The molecule has 0 aliphatic carbocycles. The van der Waals surface area contributed by atoms with Crippen molar-refractivity contribution >= 4 is 44.8 Å². The second-order valence-electron chi connectivity index (χ2n) is 7.51. The van der Waals surface area contributed by atoms with E-state index in [0.717, 1.165) is 29.0 Å². The van der Waals surface area contributed by atoms with Crippen LogP contribution in [0.3, 0.4) is 0 Å². The molecule has 0 radical (unpaired) electrons. The zero-order valence-electron chi connectivity index (χ0n) is 18.1. The molecule has 1 aliphatic rings. The summed E-state index contributed by atoms with van der Waals surface area (Å²) in [5.74, 6) is -1.18. The number of ether oxygens (including phenoxy) is 2. The third-order valence-electron chi connectivity index (χ3n) is 5.25. The number of nitrogens with one attached hydrogen (secondary N) is 1. The lowest BCUT2D eigenvalue weighted by atomic mass is 10.2. The van der Waals surface area contributed by atoms with Crippen LogP contribution in [0, 0.1) is 0 Å². The minimum absolute atomic E-state index is 0.0178. The average molecular weight is 476 g/mol. The van der Waals surface area contributed by atoms with E-state index in [2.05, 4.69) is 25.2 Å². The van der Waals surface area contributed by atoms with Gasteiger partial charge in [0.05, 0.1) is 23.4 Å². The molecule has 1 N–H and O–H groups in total. The van der Waals surface area contributed by atoms with Crippen molar-refractivity contribution < 1.29 is 19.1 Å². The molecule has 172 valence electrons. The maximum Gasteiger partial charge on any atom is 0.359 e. The maximum absolute atomic E-state index is 12.7. The van der Waals surface area contributed by atoms with E-state index >= 15 is 0 Å². The molecule has 5 rings (SSSR count). The molecular weight excluding hydrogens is 454 g/mol. The normalized spacial score (nSPS) is 13.6. The third-order valence-corrected chi connectivity index (χ3v) is 6.29. The topological polar surface area (TPSA) is 107 Å². The van der Waals surface area contributed by atoms with Crippen LogP contribution in [0.2, 0.25) is 0 Å². The van der Waals surface area contributed by atoms with Gasteiger partial charge in [0.1, 0.15) is 10.7 Å². The largest absolute Gasteiger partial charge is 0.451 e. The minimum Gasteiger partial charge on any atom is -0.451 e. The van der Waals surface area contributed by atoms with Crippen molar-refractivity contribution in [3.05, 3.63) is 66.6 Å². The predicted octanol–water partition coefficient (Wildman–Crippen LogP) is 3.39. The first kappa shape index (κ1) is 21.9. The fraction of sp³-hybridized carbons (Fsp3) is 0.208. The Hall–Kier alpha value is -3.89. The molecule has 10 heteroatoms. The Labute approximate surface area is 199 Å². The summed E-state index contributed by atoms with van der Waals surface area (Å²) < 4.78 is 11.6. The predicted molar refractivity (Wildman–Crippen MR) is 129 cm³/mol. The highest BCUT2D eigenvalue weighted by molar-refractivity contribution is 7.21. The third kappa shape index (κ3) is 4.87. The van der Waals surface area contributed by atoms with Crippen LogP contribution in [0.15, 0.2) is 60.9 Å². The monoisotopic (exact) mass is 475 g/mol. The number of morpholine rings is 1. The van der Waals surface area contributed by atoms with Gasteiger partial charge in [0.25, 0.3) is 5.91 Å². The van der Waals surface area contributed by atoms with Crippen LogP contribution in [-0.4, -0.2) is 59.7 Å². The highest BCUT2D eigenvalue weighted by atomic mass is 32.1. The average Bonchev–Trinajstić information content (AvgIpc) is 3.32. The number of aromatic nitrogens is 3. The Balaban J connectivity index is 1.21. The van der Waals surface area contributed by atoms with Gasteiger partial charge in [-0.25, -0.2) is 19.7 Å². The number of carbonyl (C=O) groups excluding carboxylic acids is 2. The molecule has 0 bridgehead atoms. The van der Waals surface area contributed by atoms with Crippen molar-refractivity contribution in [3.8, 4) is 10.7 Å². The molecular formula is C24H21N5O4S. The van der Waals surface area contributed by atoms with Gasteiger partial charge >= 0.3 is 5.97 Å². The molecule has 1 amide bonds. The van der Waals surface area contributed by atoms with Crippen molar-refractivity contribution in [2.75, 3.05) is 43.1 Å². The highest BCUT2D eigenvalue weighted by Gasteiger charge is 2.21. The summed E-state index contributed by atoms with van der Waals surface area (Å²) in [5, 5.41) is 3.30. The molecule has 34 heavy (non-hydrogen) atoms. The summed E-state index contributed by atoms with van der Waals surface area (Å²) in [7, 11) is 0. The van der Waals surface area contributed by atoms with E-state index in [1.54, 1.807) is 0 Å². The number of esters is 1. The summed E-state index contributed by atoms with van der Waals surface area (Å²) in [6.07, 6.45) is 2.90. The minimum atomic E-state index is -0.736. The second-order valence-corrected chi connectivity index (χ2v) is 8.54. The lowest BCUT2D eigenvalue weighted by molar-refractivity contribution is -0.119. The smallest absolute Gasteiger partial charge is 0.359 e. The van der Waals surface area contributed by atoms with E-state index in [4.69, 9.17) is 9.47 Å². The second kappa shape index (κ2) is 9.94. The van der Waals surface area contributed by atoms with E-state index < -0.39 is 18.5 Å². The first-order chi connectivity index (χ1) is 16.7. The summed E-state index contributed by atoms with van der Waals surface area (Å²) in [6.45, 7) is 2.64. The molecule has 0 atom stereocenters. The summed E-state index contributed by atoms with van der Waals surface area (Å²) in [6, 6.07) is 15.2. The Morgan fingerprint density at radius 1 is 1.03 bits per heavy atom. The molecule has 9 nitrogen and oxygen atoms in total. The molecule has 3 heterocycles. The first-order valence-corrected chi connectivity index (χ1v) is 11.6. The Morgan fingerprint density at radius 2 is 1.79 bits per heavy atom. The van der Waals surface area contributed by atoms with Gasteiger partial charge in [-0.1, -0.05) is 12.1 Å². The standard InChI is InChI=1S/C24H21N5O4S/c30-20(27-16-5-7-17(8-6-16)29-11-13-32-14-12-29)15-33-24(31)22-21(25-9-10-26-22)23-28-18-3-1-2-4-19(18)34-23/h1-10H,11-15H2,(H,27,30). The Bertz CT molecular complexity index is 1290. The Kier molecular flexibility index (Phi) is 6.41. The number of para-hydroxylation sites is 1.